The molecule has 2 N–H and O–H groups in total. The Morgan fingerprint density at radius 3 is 2.00 bits per heavy atom. The van der Waals surface area contributed by atoms with Gasteiger partial charge >= 0.3 is 0 Å². The lowest BCUT2D eigenvalue weighted by molar-refractivity contribution is 0.102. The molecular formula is C28H25Cl2N3O5S2. The molecule has 0 heterocycles. The van der Waals surface area contributed by atoms with Crippen LogP contribution in [0, 0.1) is 6.92 Å². The highest BCUT2D eigenvalue weighted by Crippen LogP contribution is 2.26. The number of rotatable bonds is 9. The lowest BCUT2D eigenvalue weighted by Crippen LogP contribution is -2.29. The number of sulfonamides is 2. The topological polar surface area (TPSA) is 113 Å². The van der Waals surface area contributed by atoms with E-state index in [4.69, 9.17) is 23.2 Å². The molecule has 0 unspecified atom stereocenters. The first-order valence-electron chi connectivity index (χ1n) is 11.8. The number of carbonyl (C=O) groups excluding carboxylic acids is 1. The highest BCUT2D eigenvalue weighted by molar-refractivity contribution is 7.92. The number of amides is 1. The zero-order chi connectivity index (χ0) is 29.1. The van der Waals surface area contributed by atoms with Gasteiger partial charge in [0.05, 0.1) is 29.1 Å². The Bertz CT molecular complexity index is 1740. The molecule has 0 saturated heterocycles. The number of nitrogens with zero attached hydrogens (tertiary/aromatic N) is 1. The van der Waals surface area contributed by atoms with Crippen LogP contribution in [0.15, 0.2) is 95.9 Å². The van der Waals surface area contributed by atoms with Crippen molar-refractivity contribution < 1.29 is 21.6 Å². The van der Waals surface area contributed by atoms with Crippen LogP contribution in [0.5, 0.6) is 0 Å². The maximum absolute atomic E-state index is 12.8. The van der Waals surface area contributed by atoms with Crippen molar-refractivity contribution in [3.05, 3.63) is 118 Å². The van der Waals surface area contributed by atoms with Crippen molar-refractivity contribution in [2.24, 2.45) is 0 Å². The van der Waals surface area contributed by atoms with Crippen molar-refractivity contribution >= 4 is 66.2 Å². The van der Waals surface area contributed by atoms with Gasteiger partial charge in [0.25, 0.3) is 15.9 Å². The summed E-state index contributed by atoms with van der Waals surface area (Å²) in [6.45, 7) is 1.99. The minimum atomic E-state index is -3.92. The van der Waals surface area contributed by atoms with Crippen LogP contribution in [-0.2, 0) is 26.6 Å². The summed E-state index contributed by atoms with van der Waals surface area (Å²) < 4.78 is 54.1. The van der Waals surface area contributed by atoms with Gasteiger partial charge in [0, 0.05) is 21.3 Å². The normalized spacial score (nSPS) is 11.6. The molecule has 12 heteroatoms. The second-order valence-electron chi connectivity index (χ2n) is 9.05. The van der Waals surface area contributed by atoms with E-state index in [0.29, 0.717) is 22.5 Å². The lowest BCUT2D eigenvalue weighted by Gasteiger charge is -2.23. The van der Waals surface area contributed by atoms with Gasteiger partial charge in [-0.25, -0.2) is 16.8 Å². The van der Waals surface area contributed by atoms with Crippen LogP contribution in [0.3, 0.4) is 0 Å². The van der Waals surface area contributed by atoms with E-state index in [0.717, 1.165) is 11.8 Å². The molecule has 0 aromatic heterocycles. The maximum atomic E-state index is 12.8. The Kier molecular flexibility index (Phi) is 8.74. The van der Waals surface area contributed by atoms with Crippen molar-refractivity contribution in [2.75, 3.05) is 20.6 Å². The van der Waals surface area contributed by atoms with Gasteiger partial charge in [-0.15, -0.1) is 0 Å². The van der Waals surface area contributed by atoms with E-state index in [9.17, 15) is 21.6 Å². The molecule has 0 atom stereocenters. The molecule has 0 aliphatic carbocycles. The minimum absolute atomic E-state index is 0.0185. The Labute approximate surface area is 243 Å². The van der Waals surface area contributed by atoms with Gasteiger partial charge < -0.3 is 5.32 Å². The summed E-state index contributed by atoms with van der Waals surface area (Å²) >= 11 is 11.9. The molecule has 4 rings (SSSR count). The zero-order valence-electron chi connectivity index (χ0n) is 21.4. The number of halogens is 2. The first-order valence-corrected chi connectivity index (χ1v) is 15.9. The molecule has 8 nitrogen and oxygen atoms in total. The monoisotopic (exact) mass is 617 g/mol. The summed E-state index contributed by atoms with van der Waals surface area (Å²) in [6, 6.07) is 23.8. The smallest absolute Gasteiger partial charge is 0.261 e. The number of hydrogen-bond donors (Lipinski definition) is 2. The Morgan fingerprint density at radius 1 is 0.800 bits per heavy atom. The highest BCUT2D eigenvalue weighted by atomic mass is 35.5. The molecule has 0 fully saturated rings. The molecule has 0 radical (unpaired) electrons. The molecule has 4 aromatic carbocycles. The summed E-state index contributed by atoms with van der Waals surface area (Å²) in [7, 11) is -7.46. The Balaban J connectivity index is 1.43. The standard InChI is InChI=1S/C28H25Cl2N3O5S2/c1-19-4-3-5-26(14-19)33(39(2,35)36)18-20-6-8-21(9-7-20)28(34)31-24-10-12-27(13-11-24)40(37,38)32-25-16-22(29)15-23(30)17-25/h3-17,32H,18H2,1-2H3,(H,31,34). The largest absolute Gasteiger partial charge is 0.322 e. The molecule has 0 aliphatic heterocycles. The third-order valence-electron chi connectivity index (χ3n) is 5.77. The van der Waals surface area contributed by atoms with E-state index in [1.165, 1.54) is 46.8 Å². The number of anilines is 3. The third kappa shape index (κ3) is 7.54. The van der Waals surface area contributed by atoms with E-state index in [1.54, 1.807) is 42.5 Å². The Hall–Kier alpha value is -3.57. The van der Waals surface area contributed by atoms with Crippen LogP contribution in [0.1, 0.15) is 21.5 Å². The van der Waals surface area contributed by atoms with Crippen LogP contribution >= 0.6 is 23.2 Å². The van der Waals surface area contributed by atoms with Crippen LogP contribution in [-0.4, -0.2) is 29.0 Å². The molecule has 0 aliphatic rings. The van der Waals surface area contributed by atoms with Crippen LogP contribution in [0.4, 0.5) is 17.1 Å². The van der Waals surface area contributed by atoms with Gasteiger partial charge in [-0.1, -0.05) is 47.5 Å². The minimum Gasteiger partial charge on any atom is -0.322 e. The second-order valence-corrected chi connectivity index (χ2v) is 13.5. The molecule has 1 amide bonds. The van der Waals surface area contributed by atoms with Gasteiger partial charge in [0.15, 0.2) is 0 Å². The summed E-state index contributed by atoms with van der Waals surface area (Å²) in [5.41, 5.74) is 3.15. The summed E-state index contributed by atoms with van der Waals surface area (Å²) in [5, 5.41) is 3.30. The number of carbonyl (C=O) groups is 1. The summed E-state index contributed by atoms with van der Waals surface area (Å²) in [4.78, 5) is 12.8. The number of hydrogen-bond acceptors (Lipinski definition) is 5. The van der Waals surface area contributed by atoms with Crippen molar-refractivity contribution in [3.63, 3.8) is 0 Å². The summed E-state index contributed by atoms with van der Waals surface area (Å²) in [5.74, 6) is -0.410. The van der Waals surface area contributed by atoms with Crippen molar-refractivity contribution in [1.82, 2.24) is 0 Å². The fourth-order valence-electron chi connectivity index (χ4n) is 3.86. The van der Waals surface area contributed by atoms with Crippen LogP contribution < -0.4 is 14.3 Å². The zero-order valence-corrected chi connectivity index (χ0v) is 24.6. The van der Waals surface area contributed by atoms with Gasteiger partial charge in [-0.3, -0.25) is 13.8 Å². The third-order valence-corrected chi connectivity index (χ3v) is 8.74. The van der Waals surface area contributed by atoms with E-state index < -0.39 is 26.0 Å². The van der Waals surface area contributed by atoms with Crippen LogP contribution in [0.25, 0.3) is 0 Å². The molecular weight excluding hydrogens is 593 g/mol. The Morgan fingerprint density at radius 2 is 1.43 bits per heavy atom. The van der Waals surface area contributed by atoms with Crippen molar-refractivity contribution in [2.45, 2.75) is 18.4 Å². The fourth-order valence-corrected chi connectivity index (χ4v) is 6.30. The van der Waals surface area contributed by atoms with Crippen LogP contribution in [0.2, 0.25) is 10.0 Å². The SMILES string of the molecule is Cc1cccc(N(Cc2ccc(C(=O)Nc3ccc(S(=O)(=O)Nc4cc(Cl)cc(Cl)c4)cc3)cc2)S(C)(=O)=O)c1. The highest BCUT2D eigenvalue weighted by Gasteiger charge is 2.19. The van der Waals surface area contributed by atoms with Gasteiger partial charge in [0.2, 0.25) is 10.0 Å². The number of nitrogens with one attached hydrogen (secondary N) is 2. The molecule has 0 spiro atoms. The summed E-state index contributed by atoms with van der Waals surface area (Å²) in [6.07, 6.45) is 1.15. The molecule has 40 heavy (non-hydrogen) atoms. The first-order chi connectivity index (χ1) is 18.8. The van der Waals surface area contributed by atoms with Gasteiger partial charge in [-0.2, -0.15) is 0 Å². The second kappa shape index (κ2) is 11.9. The van der Waals surface area contributed by atoms with E-state index >= 15 is 0 Å². The van der Waals surface area contributed by atoms with E-state index in [-0.39, 0.29) is 27.2 Å². The molecule has 4 aromatic rings. The molecule has 0 saturated carbocycles. The predicted molar refractivity (Wildman–Crippen MR) is 160 cm³/mol. The van der Waals surface area contributed by atoms with E-state index in [1.807, 2.05) is 13.0 Å². The van der Waals surface area contributed by atoms with Gasteiger partial charge in [-0.05, 0) is 84.8 Å². The predicted octanol–water partition coefficient (Wildman–Crippen LogP) is 6.32. The molecule has 0 bridgehead atoms. The van der Waals surface area contributed by atoms with Gasteiger partial charge in [0.1, 0.15) is 0 Å². The first kappa shape index (κ1) is 29.4. The average Bonchev–Trinajstić information content (AvgIpc) is 2.86. The fraction of sp³-hybridized carbons (Fsp3) is 0.107. The quantitative estimate of drug-likeness (QED) is 0.228. The lowest BCUT2D eigenvalue weighted by atomic mass is 10.1. The number of benzene rings is 4. The number of aryl methyl sites for hydroxylation is 1. The van der Waals surface area contributed by atoms with E-state index in [2.05, 4.69) is 10.0 Å². The average molecular weight is 619 g/mol. The van der Waals surface area contributed by atoms with Crippen molar-refractivity contribution in [1.29, 1.82) is 0 Å². The maximum Gasteiger partial charge on any atom is 0.261 e. The van der Waals surface area contributed by atoms with Crippen molar-refractivity contribution in [3.8, 4) is 0 Å². The molecule has 208 valence electrons.